The van der Waals surface area contributed by atoms with Gasteiger partial charge in [0.2, 0.25) is 11.7 Å². The van der Waals surface area contributed by atoms with Crippen molar-refractivity contribution in [1.29, 1.82) is 0 Å². The van der Waals surface area contributed by atoms with E-state index in [-0.39, 0.29) is 56.3 Å². The highest BCUT2D eigenvalue weighted by molar-refractivity contribution is 14.1. The van der Waals surface area contributed by atoms with Crippen LogP contribution in [0, 0.1) is 30.1 Å². The molecule has 0 radical (unpaired) electrons. The molecule has 1 saturated heterocycles. The lowest BCUT2D eigenvalue weighted by molar-refractivity contribution is -0.179. The number of hydrogen-bond acceptors (Lipinski definition) is 11. The van der Waals surface area contributed by atoms with E-state index < -0.39 is 58.5 Å². The number of alkyl halides is 1. The number of aromatic hydroxyl groups is 2. The zero-order chi connectivity index (χ0) is 38.1. The van der Waals surface area contributed by atoms with Crippen molar-refractivity contribution in [2.24, 2.45) is 33.2 Å². The number of anilines is 1. The highest BCUT2D eigenvalue weighted by Gasteiger charge is 2.51. The first-order valence-corrected chi connectivity index (χ1v) is 19.3. The molecule has 13 heteroatoms. The molecule has 5 rings (SSSR count). The summed E-state index contributed by atoms with van der Waals surface area (Å²) in [6.07, 6.45) is -1.19. The summed E-state index contributed by atoms with van der Waals surface area (Å²) in [5.74, 6) is -4.29. The Hall–Kier alpha value is -2.59. The van der Waals surface area contributed by atoms with Gasteiger partial charge in [0.15, 0.2) is 11.4 Å². The standard InChI is InChI=1S/C38H55IN4O8/c1-17(2)36(9,10)35(49)40-29-28-27(41-38(42-28)12-14-43(15-13-38)16-18(3)39)24-25(32(29)47)31(46)21(6)33-26(24)34(48)37(11,51-33)50-23(8)20(5)30(45)19(4)22(7)44/h17-20,22-23,30,44-47H,12-16H2,1-11H3,(H,40,49)/t18?,19-,20+,22+,23?,30-,37+/m1/s1. The van der Waals surface area contributed by atoms with Crippen molar-refractivity contribution < 1.29 is 39.5 Å². The summed E-state index contributed by atoms with van der Waals surface area (Å²) in [5.41, 5.74) is -1.35. The SMILES string of the molecule is Cc1c2c(c3c4c(c(NC(=O)C(C)(C)C(C)C)c(O)c3c1O)=NC1(CCN(CC(C)I)CC1)N=4)C(=O)[C@@](C)(OC(C)[C@H](C)[C@H](O)[C@H](C)[C@H](C)O)O2. The minimum atomic E-state index is -1.85. The Kier molecular flexibility index (Phi) is 10.9. The third-order valence-corrected chi connectivity index (χ3v) is 12.2. The zero-order valence-corrected chi connectivity index (χ0v) is 33.9. The number of likely N-dealkylation sites (tertiary alicyclic amines) is 1. The first-order valence-electron chi connectivity index (χ1n) is 18.1. The van der Waals surface area contributed by atoms with Crippen LogP contribution in [0.5, 0.6) is 17.2 Å². The molecular formula is C38H55IN4O8. The molecule has 2 aromatic carbocycles. The largest absolute Gasteiger partial charge is 0.507 e. The van der Waals surface area contributed by atoms with Crippen LogP contribution in [0.25, 0.3) is 10.8 Å². The Morgan fingerprint density at radius 1 is 1.00 bits per heavy atom. The molecule has 2 unspecified atom stereocenters. The Labute approximate surface area is 313 Å². The Morgan fingerprint density at radius 3 is 2.14 bits per heavy atom. The second-order valence-electron chi connectivity index (χ2n) is 16.1. The summed E-state index contributed by atoms with van der Waals surface area (Å²) in [6.45, 7) is 22.1. The number of rotatable bonds is 11. The van der Waals surface area contributed by atoms with Gasteiger partial charge in [-0.2, -0.15) is 0 Å². The first kappa shape index (κ1) is 39.6. The summed E-state index contributed by atoms with van der Waals surface area (Å²) < 4.78 is 13.1. The van der Waals surface area contributed by atoms with E-state index in [4.69, 9.17) is 19.5 Å². The fraction of sp³-hybridized carbons (Fsp3) is 0.684. The molecule has 3 aliphatic heterocycles. The number of ether oxygens (including phenoxy) is 2. The van der Waals surface area contributed by atoms with Gasteiger partial charge in [-0.1, -0.05) is 71.1 Å². The van der Waals surface area contributed by atoms with Crippen LogP contribution in [0.15, 0.2) is 9.98 Å². The number of amides is 1. The van der Waals surface area contributed by atoms with E-state index in [1.807, 2.05) is 27.7 Å². The van der Waals surface area contributed by atoms with Gasteiger partial charge in [0, 0.05) is 71.5 Å². The average molecular weight is 823 g/mol. The van der Waals surface area contributed by atoms with Crippen LogP contribution in [0.4, 0.5) is 5.69 Å². The normalized spacial score (nSPS) is 23.5. The number of phenols is 2. The molecule has 12 nitrogen and oxygen atoms in total. The monoisotopic (exact) mass is 822 g/mol. The summed E-state index contributed by atoms with van der Waals surface area (Å²) >= 11 is 2.41. The fourth-order valence-electron chi connectivity index (χ4n) is 7.16. The fourth-order valence-corrected chi connectivity index (χ4v) is 7.72. The number of piperidine rings is 1. The van der Waals surface area contributed by atoms with Crippen molar-refractivity contribution in [3.8, 4) is 17.2 Å². The maximum atomic E-state index is 14.6. The van der Waals surface area contributed by atoms with E-state index in [1.165, 1.54) is 6.92 Å². The van der Waals surface area contributed by atoms with Crippen molar-refractivity contribution in [2.75, 3.05) is 25.0 Å². The topological polar surface area (TPSA) is 174 Å². The molecule has 1 spiro atoms. The number of ketones is 1. The molecule has 3 heterocycles. The summed E-state index contributed by atoms with van der Waals surface area (Å²) in [7, 11) is 0. The van der Waals surface area contributed by atoms with E-state index >= 15 is 0 Å². The number of nitrogens with zero attached hydrogens (tertiary/aromatic N) is 3. The van der Waals surface area contributed by atoms with Crippen molar-refractivity contribution in [3.63, 3.8) is 0 Å². The Morgan fingerprint density at radius 2 is 1.59 bits per heavy atom. The smallest absolute Gasteiger partial charge is 0.272 e. The van der Waals surface area contributed by atoms with Crippen molar-refractivity contribution in [3.05, 3.63) is 21.8 Å². The van der Waals surface area contributed by atoms with Crippen LogP contribution in [0.3, 0.4) is 0 Å². The van der Waals surface area contributed by atoms with E-state index in [9.17, 15) is 30.0 Å². The number of halogens is 1. The molecule has 0 bridgehead atoms. The van der Waals surface area contributed by atoms with Gasteiger partial charge in [0.25, 0.3) is 5.79 Å². The third kappa shape index (κ3) is 6.86. The van der Waals surface area contributed by atoms with E-state index in [2.05, 4.69) is 39.7 Å². The lowest BCUT2D eigenvalue weighted by Gasteiger charge is -2.36. The van der Waals surface area contributed by atoms with Gasteiger partial charge in [-0.3, -0.25) is 19.6 Å². The highest BCUT2D eigenvalue weighted by atomic mass is 127. The van der Waals surface area contributed by atoms with Gasteiger partial charge in [-0.15, -0.1) is 0 Å². The predicted molar refractivity (Wildman–Crippen MR) is 203 cm³/mol. The Balaban J connectivity index is 1.69. The highest BCUT2D eigenvalue weighted by Crippen LogP contribution is 2.50. The van der Waals surface area contributed by atoms with Gasteiger partial charge < -0.3 is 40.1 Å². The first-order chi connectivity index (χ1) is 23.6. The van der Waals surface area contributed by atoms with Crippen LogP contribution in [0.1, 0.15) is 98.0 Å². The maximum Gasteiger partial charge on any atom is 0.272 e. The molecule has 3 aliphatic rings. The number of fused-ring (bicyclic) bond motifs is 5. The summed E-state index contributed by atoms with van der Waals surface area (Å²) in [5, 5.41) is 48.4. The Bertz CT molecular complexity index is 1850. The molecule has 1 amide bonds. The number of aliphatic hydroxyl groups is 2. The second-order valence-corrected chi connectivity index (χ2v) is 18.2. The number of carbonyl (C=O) groups excluding carboxylic acids is 2. The van der Waals surface area contributed by atoms with Crippen LogP contribution >= 0.6 is 22.6 Å². The maximum absolute atomic E-state index is 14.6. The number of carbonyl (C=O) groups is 2. The zero-order valence-electron chi connectivity index (χ0n) is 31.7. The second kappa shape index (κ2) is 14.0. The average Bonchev–Trinajstić information content (AvgIpc) is 3.55. The molecule has 282 valence electrons. The molecule has 0 saturated carbocycles. The number of Topliss-reactive ketones (excluding diaryl/α,β-unsaturated/α-hetero) is 1. The van der Waals surface area contributed by atoms with Gasteiger partial charge >= 0.3 is 0 Å². The molecule has 51 heavy (non-hydrogen) atoms. The number of nitrogens with one attached hydrogen (secondary N) is 1. The van der Waals surface area contributed by atoms with Gasteiger partial charge in [-0.25, -0.2) is 0 Å². The molecule has 1 fully saturated rings. The van der Waals surface area contributed by atoms with E-state index in [0.717, 1.165) is 19.6 Å². The minimum absolute atomic E-state index is 0.0291. The van der Waals surface area contributed by atoms with Crippen LogP contribution in [0.2, 0.25) is 0 Å². The van der Waals surface area contributed by atoms with Gasteiger partial charge in [0.1, 0.15) is 22.5 Å². The van der Waals surface area contributed by atoms with E-state index in [1.54, 1.807) is 34.6 Å². The lowest BCUT2D eigenvalue weighted by Crippen LogP contribution is -2.47. The van der Waals surface area contributed by atoms with Gasteiger partial charge in [-0.05, 0) is 26.7 Å². The molecule has 0 aromatic heterocycles. The number of aliphatic hydroxyl groups excluding tert-OH is 2. The van der Waals surface area contributed by atoms with Crippen LogP contribution in [-0.2, 0) is 9.53 Å². The molecule has 2 aromatic rings. The summed E-state index contributed by atoms with van der Waals surface area (Å²) in [6, 6.07) is 0. The van der Waals surface area contributed by atoms with Crippen LogP contribution in [-0.4, -0.2) is 90.3 Å². The van der Waals surface area contributed by atoms with Crippen molar-refractivity contribution in [2.45, 2.75) is 123 Å². The minimum Gasteiger partial charge on any atom is -0.507 e. The number of benzene rings is 2. The van der Waals surface area contributed by atoms with Crippen molar-refractivity contribution in [1.82, 2.24) is 4.90 Å². The predicted octanol–water partition coefficient (Wildman–Crippen LogP) is 4.76. The van der Waals surface area contributed by atoms with Gasteiger partial charge in [0.05, 0.1) is 34.6 Å². The third-order valence-electron chi connectivity index (χ3n) is 11.8. The summed E-state index contributed by atoms with van der Waals surface area (Å²) in [4.78, 5) is 41.0. The van der Waals surface area contributed by atoms with Crippen molar-refractivity contribution >= 4 is 50.7 Å². The molecule has 0 aliphatic carbocycles. The number of phenolic OH excluding ortho intramolecular Hbond substituents is 2. The molecule has 5 N–H and O–H groups in total. The van der Waals surface area contributed by atoms with Crippen LogP contribution < -0.4 is 20.8 Å². The lowest BCUT2D eigenvalue weighted by atomic mass is 9.80. The molecule has 7 atom stereocenters. The van der Waals surface area contributed by atoms with E-state index in [0.29, 0.717) is 22.1 Å². The quantitative estimate of drug-likeness (QED) is 0.122. The molecular weight excluding hydrogens is 767 g/mol. The number of hydrogen-bond donors (Lipinski definition) is 5.